The normalized spacial score (nSPS) is 17.6. The molecule has 142 valence electrons. The molecule has 0 N–H and O–H groups in total. The van der Waals surface area contributed by atoms with Crippen molar-refractivity contribution in [1.29, 1.82) is 0 Å². The largest absolute Gasteiger partial charge is 0.377 e. The van der Waals surface area contributed by atoms with Gasteiger partial charge >= 0.3 is 0 Å². The smallest absolute Gasteiger partial charge is 0.272 e. The lowest BCUT2D eigenvalue weighted by molar-refractivity contribution is -0.00646. The molecular formula is C17H21N7O3. The van der Waals surface area contributed by atoms with Crippen molar-refractivity contribution in [3.05, 3.63) is 36.2 Å². The van der Waals surface area contributed by atoms with Crippen LogP contribution in [0.1, 0.15) is 42.2 Å². The van der Waals surface area contributed by atoms with Crippen molar-refractivity contribution >= 4 is 5.91 Å². The number of aromatic nitrogens is 6. The maximum atomic E-state index is 13.2. The second-order valence-corrected chi connectivity index (χ2v) is 6.70. The predicted molar refractivity (Wildman–Crippen MR) is 93.7 cm³/mol. The fraction of sp³-hybridized carbons (Fsp3) is 0.471. The summed E-state index contributed by atoms with van der Waals surface area (Å²) in [6.07, 6.45) is 5.08. The number of ether oxygens (including phenoxy) is 1. The first-order chi connectivity index (χ1) is 13.0. The number of carbonyl (C=O) groups excluding carboxylic acids is 1. The molecule has 1 unspecified atom stereocenters. The molecule has 1 saturated heterocycles. The molecule has 0 radical (unpaired) electrons. The van der Waals surface area contributed by atoms with Crippen LogP contribution in [0.2, 0.25) is 0 Å². The number of carbonyl (C=O) groups is 1. The number of morpholine rings is 1. The lowest BCUT2D eigenvalue weighted by atomic mass is 10.2. The van der Waals surface area contributed by atoms with Crippen molar-refractivity contribution in [2.75, 3.05) is 19.8 Å². The van der Waals surface area contributed by atoms with Gasteiger partial charge in [-0.2, -0.15) is 15.2 Å². The summed E-state index contributed by atoms with van der Waals surface area (Å²) in [5.74, 6) is 0.656. The summed E-state index contributed by atoms with van der Waals surface area (Å²) < 4.78 is 14.3. The Hall–Kier alpha value is -3.01. The first kappa shape index (κ1) is 17.4. The van der Waals surface area contributed by atoms with Gasteiger partial charge in [-0.1, -0.05) is 5.16 Å². The highest BCUT2D eigenvalue weighted by Gasteiger charge is 2.34. The molecule has 4 heterocycles. The van der Waals surface area contributed by atoms with Crippen LogP contribution in [0, 0.1) is 0 Å². The molecule has 3 aromatic heterocycles. The SMILES string of the molecule is CC(C)n1nccc1C(=O)N1CCOCC1c1noc(-c2cnn(C)c2)n1. The average molecular weight is 371 g/mol. The number of hydrogen-bond acceptors (Lipinski definition) is 7. The Bertz CT molecular complexity index is 942. The van der Waals surface area contributed by atoms with E-state index in [0.29, 0.717) is 37.2 Å². The maximum absolute atomic E-state index is 13.2. The standard InChI is InChI=1S/C17H21N7O3/c1-11(2)24-13(4-5-18-24)17(25)23-6-7-26-10-14(23)15-20-16(27-21-15)12-8-19-22(3)9-12/h4-5,8-9,11,14H,6-7,10H2,1-3H3. The van der Waals surface area contributed by atoms with Gasteiger partial charge in [0.2, 0.25) is 0 Å². The van der Waals surface area contributed by atoms with E-state index >= 15 is 0 Å². The Morgan fingerprint density at radius 2 is 2.19 bits per heavy atom. The van der Waals surface area contributed by atoms with Gasteiger partial charge < -0.3 is 14.2 Å². The quantitative estimate of drug-likeness (QED) is 0.684. The lowest BCUT2D eigenvalue weighted by Crippen LogP contribution is -2.44. The first-order valence-electron chi connectivity index (χ1n) is 8.79. The molecule has 0 aliphatic carbocycles. The average Bonchev–Trinajstić information content (AvgIpc) is 3.40. The van der Waals surface area contributed by atoms with Crippen LogP contribution >= 0.6 is 0 Å². The lowest BCUT2D eigenvalue weighted by Gasteiger charge is -2.33. The third kappa shape index (κ3) is 3.23. The van der Waals surface area contributed by atoms with E-state index in [2.05, 4.69) is 20.3 Å². The van der Waals surface area contributed by atoms with E-state index in [-0.39, 0.29) is 11.9 Å². The van der Waals surface area contributed by atoms with Crippen LogP contribution in [0.15, 0.2) is 29.2 Å². The molecule has 0 spiro atoms. The van der Waals surface area contributed by atoms with Crippen molar-refractivity contribution in [3.63, 3.8) is 0 Å². The highest BCUT2D eigenvalue weighted by molar-refractivity contribution is 5.93. The summed E-state index contributed by atoms with van der Waals surface area (Å²) >= 11 is 0. The maximum Gasteiger partial charge on any atom is 0.272 e. The molecule has 0 bridgehead atoms. The Labute approximate surface area is 155 Å². The van der Waals surface area contributed by atoms with Crippen molar-refractivity contribution in [1.82, 2.24) is 34.6 Å². The van der Waals surface area contributed by atoms with Gasteiger partial charge in [0.1, 0.15) is 11.7 Å². The van der Waals surface area contributed by atoms with Crippen molar-refractivity contribution in [3.8, 4) is 11.5 Å². The van der Waals surface area contributed by atoms with Crippen LogP contribution in [0.25, 0.3) is 11.5 Å². The fourth-order valence-corrected chi connectivity index (χ4v) is 3.12. The summed E-state index contributed by atoms with van der Waals surface area (Å²) in [5, 5.41) is 12.4. The highest BCUT2D eigenvalue weighted by atomic mass is 16.5. The molecule has 1 fully saturated rings. The first-order valence-corrected chi connectivity index (χ1v) is 8.79. The van der Waals surface area contributed by atoms with Crippen LogP contribution in [-0.4, -0.2) is 60.3 Å². The summed E-state index contributed by atoms with van der Waals surface area (Å²) in [6.45, 7) is 5.20. The van der Waals surface area contributed by atoms with E-state index in [0.717, 1.165) is 5.56 Å². The molecule has 27 heavy (non-hydrogen) atoms. The molecule has 1 aliphatic rings. The molecule has 1 amide bonds. The van der Waals surface area contributed by atoms with Crippen molar-refractivity contribution in [2.24, 2.45) is 7.05 Å². The zero-order valence-electron chi connectivity index (χ0n) is 15.4. The minimum Gasteiger partial charge on any atom is -0.377 e. The molecule has 1 aliphatic heterocycles. The van der Waals surface area contributed by atoms with Crippen molar-refractivity contribution in [2.45, 2.75) is 25.9 Å². The minimum absolute atomic E-state index is 0.0841. The molecule has 4 rings (SSSR count). The Balaban J connectivity index is 1.62. The molecule has 1 atom stereocenters. The molecule has 10 heteroatoms. The number of rotatable bonds is 4. The summed E-state index contributed by atoms with van der Waals surface area (Å²) in [6, 6.07) is 1.39. The third-order valence-electron chi connectivity index (χ3n) is 4.46. The van der Waals surface area contributed by atoms with E-state index in [4.69, 9.17) is 9.26 Å². The van der Waals surface area contributed by atoms with Crippen molar-refractivity contribution < 1.29 is 14.1 Å². The molecular weight excluding hydrogens is 350 g/mol. The zero-order chi connectivity index (χ0) is 19.0. The summed E-state index contributed by atoms with van der Waals surface area (Å²) in [4.78, 5) is 19.3. The minimum atomic E-state index is -0.420. The Kier molecular flexibility index (Phi) is 4.48. The van der Waals surface area contributed by atoms with E-state index in [1.165, 1.54) is 0 Å². The van der Waals surface area contributed by atoms with Crippen LogP contribution in [-0.2, 0) is 11.8 Å². The molecule has 0 aromatic carbocycles. The number of hydrogen-bond donors (Lipinski definition) is 0. The van der Waals surface area contributed by atoms with E-state index in [9.17, 15) is 4.79 Å². The van der Waals surface area contributed by atoms with Crippen LogP contribution in [0.4, 0.5) is 0 Å². The highest BCUT2D eigenvalue weighted by Crippen LogP contribution is 2.26. The molecule has 10 nitrogen and oxygen atoms in total. The Morgan fingerprint density at radius 3 is 2.93 bits per heavy atom. The third-order valence-corrected chi connectivity index (χ3v) is 4.46. The van der Waals surface area contributed by atoms with Gasteiger partial charge in [-0.15, -0.1) is 0 Å². The van der Waals surface area contributed by atoms with Gasteiger partial charge in [-0.05, 0) is 19.9 Å². The fourth-order valence-electron chi connectivity index (χ4n) is 3.12. The topological polar surface area (TPSA) is 104 Å². The van der Waals surface area contributed by atoms with E-state index in [1.54, 1.807) is 38.9 Å². The van der Waals surface area contributed by atoms with E-state index < -0.39 is 6.04 Å². The Morgan fingerprint density at radius 1 is 1.33 bits per heavy atom. The molecule has 0 saturated carbocycles. The van der Waals surface area contributed by atoms with Gasteiger partial charge in [0, 0.05) is 32.0 Å². The van der Waals surface area contributed by atoms with Gasteiger partial charge in [-0.25, -0.2) is 0 Å². The van der Waals surface area contributed by atoms with Crippen LogP contribution in [0.5, 0.6) is 0 Å². The van der Waals surface area contributed by atoms with E-state index in [1.807, 2.05) is 20.9 Å². The van der Waals surface area contributed by atoms with Crippen LogP contribution in [0.3, 0.4) is 0 Å². The second kappa shape index (κ2) is 6.95. The van der Waals surface area contributed by atoms with Gasteiger partial charge in [0.15, 0.2) is 5.82 Å². The zero-order valence-corrected chi connectivity index (χ0v) is 15.4. The van der Waals surface area contributed by atoms with Gasteiger partial charge in [-0.3, -0.25) is 14.2 Å². The van der Waals surface area contributed by atoms with Crippen LogP contribution < -0.4 is 0 Å². The number of aryl methyl sites for hydroxylation is 1. The van der Waals surface area contributed by atoms with Gasteiger partial charge in [0.05, 0.1) is 25.0 Å². The monoisotopic (exact) mass is 371 g/mol. The summed E-state index contributed by atoms with van der Waals surface area (Å²) in [5.41, 5.74) is 1.26. The number of nitrogens with zero attached hydrogens (tertiary/aromatic N) is 7. The number of amides is 1. The predicted octanol–water partition coefficient (Wildman–Crippen LogP) is 1.46. The molecule has 3 aromatic rings. The summed E-state index contributed by atoms with van der Waals surface area (Å²) in [7, 11) is 1.81. The van der Waals surface area contributed by atoms with Gasteiger partial charge in [0.25, 0.3) is 11.8 Å². The second-order valence-electron chi connectivity index (χ2n) is 6.70.